The molecule has 0 saturated heterocycles. The fraction of sp³-hybridized carbons (Fsp3) is 0.364. The monoisotopic (exact) mass is 235 g/mol. The number of methoxy groups -OCH3 is 2. The second-order valence-electron chi connectivity index (χ2n) is 3.57. The molecule has 90 valence electrons. The number of ether oxygens (including phenoxy) is 2. The van der Waals surface area contributed by atoms with Gasteiger partial charge in [0.25, 0.3) is 0 Å². The van der Waals surface area contributed by atoms with Gasteiger partial charge in [0, 0.05) is 13.3 Å². The molecule has 1 atom stereocenters. The molecule has 0 aliphatic rings. The van der Waals surface area contributed by atoms with Crippen LogP contribution in [0.5, 0.6) is 0 Å². The van der Waals surface area contributed by atoms with E-state index in [1.165, 1.54) is 7.11 Å². The number of carbonyl (C=O) groups excluding carboxylic acids is 1. The molecule has 0 aromatic carbocycles. The van der Waals surface area contributed by atoms with Crippen molar-refractivity contribution in [1.82, 2.24) is 14.6 Å². The number of aromatic nitrogens is 3. The van der Waals surface area contributed by atoms with E-state index in [1.807, 2.05) is 6.92 Å². The van der Waals surface area contributed by atoms with Crippen LogP contribution in [0.3, 0.4) is 0 Å². The second-order valence-corrected chi connectivity index (χ2v) is 3.57. The van der Waals surface area contributed by atoms with Crippen LogP contribution in [-0.2, 0) is 9.47 Å². The van der Waals surface area contributed by atoms with Crippen LogP contribution in [0.15, 0.2) is 18.3 Å². The molecule has 0 spiro atoms. The third-order valence-corrected chi connectivity index (χ3v) is 2.57. The highest BCUT2D eigenvalue weighted by atomic mass is 16.5. The van der Waals surface area contributed by atoms with Gasteiger partial charge in [-0.3, -0.25) is 4.40 Å². The summed E-state index contributed by atoms with van der Waals surface area (Å²) < 4.78 is 11.6. The molecule has 2 aromatic rings. The van der Waals surface area contributed by atoms with E-state index in [-0.39, 0.29) is 6.10 Å². The zero-order valence-corrected chi connectivity index (χ0v) is 9.88. The second kappa shape index (κ2) is 4.50. The molecule has 2 aromatic heterocycles. The fourth-order valence-electron chi connectivity index (χ4n) is 1.53. The average Bonchev–Trinajstić information content (AvgIpc) is 2.79. The first-order valence-corrected chi connectivity index (χ1v) is 5.13. The Hall–Kier alpha value is -1.95. The lowest BCUT2D eigenvalue weighted by molar-refractivity contribution is 0.0600. The number of esters is 1. The molecule has 6 heteroatoms. The maximum atomic E-state index is 11.4. The summed E-state index contributed by atoms with van der Waals surface area (Å²) in [6.07, 6.45) is 1.45. The van der Waals surface area contributed by atoms with Gasteiger partial charge >= 0.3 is 5.97 Å². The molecular formula is C11H13N3O3. The van der Waals surface area contributed by atoms with Crippen molar-refractivity contribution in [2.75, 3.05) is 14.2 Å². The average molecular weight is 235 g/mol. The number of hydrogen-bond acceptors (Lipinski definition) is 5. The van der Waals surface area contributed by atoms with Crippen molar-refractivity contribution in [2.24, 2.45) is 0 Å². The number of carbonyl (C=O) groups is 1. The predicted molar refractivity (Wildman–Crippen MR) is 59.8 cm³/mol. The predicted octanol–water partition coefficient (Wildman–Crippen LogP) is 1.22. The van der Waals surface area contributed by atoms with Gasteiger partial charge < -0.3 is 9.47 Å². The molecule has 2 heterocycles. The third-order valence-electron chi connectivity index (χ3n) is 2.57. The van der Waals surface area contributed by atoms with Crippen molar-refractivity contribution >= 4 is 11.6 Å². The first kappa shape index (κ1) is 11.5. The first-order chi connectivity index (χ1) is 8.17. The maximum absolute atomic E-state index is 11.4. The molecule has 0 radical (unpaired) electrons. The maximum Gasteiger partial charge on any atom is 0.339 e. The lowest BCUT2D eigenvalue weighted by Crippen LogP contribution is -2.06. The van der Waals surface area contributed by atoms with Crippen molar-refractivity contribution in [3.8, 4) is 0 Å². The van der Waals surface area contributed by atoms with Crippen LogP contribution in [0.25, 0.3) is 5.65 Å². The minimum atomic E-state index is -0.392. The van der Waals surface area contributed by atoms with Gasteiger partial charge in [0.2, 0.25) is 0 Å². The van der Waals surface area contributed by atoms with E-state index in [9.17, 15) is 4.79 Å². The van der Waals surface area contributed by atoms with Gasteiger partial charge in [-0.1, -0.05) is 0 Å². The van der Waals surface area contributed by atoms with E-state index in [2.05, 4.69) is 14.9 Å². The zero-order chi connectivity index (χ0) is 12.4. The molecule has 0 N–H and O–H groups in total. The number of hydrogen-bond donors (Lipinski definition) is 0. The van der Waals surface area contributed by atoms with Gasteiger partial charge in [-0.25, -0.2) is 4.79 Å². The Labute approximate surface area is 98.2 Å². The van der Waals surface area contributed by atoms with Gasteiger partial charge in [-0.05, 0) is 19.1 Å². The highest BCUT2D eigenvalue weighted by molar-refractivity contribution is 5.89. The Kier molecular flexibility index (Phi) is 3.06. The zero-order valence-electron chi connectivity index (χ0n) is 9.88. The van der Waals surface area contributed by atoms with Gasteiger partial charge in [-0.2, -0.15) is 0 Å². The summed E-state index contributed by atoms with van der Waals surface area (Å²) in [6, 6.07) is 3.36. The molecular weight excluding hydrogens is 222 g/mol. The Balaban J connectivity index is 2.54. The van der Waals surface area contributed by atoms with Crippen LogP contribution < -0.4 is 0 Å². The summed E-state index contributed by atoms with van der Waals surface area (Å²) in [5.74, 6) is 0.255. The number of nitrogens with zero attached hydrogens (tertiary/aromatic N) is 3. The highest BCUT2D eigenvalue weighted by Gasteiger charge is 2.14. The highest BCUT2D eigenvalue weighted by Crippen LogP contribution is 2.15. The number of pyridine rings is 1. The largest absolute Gasteiger partial charge is 0.465 e. The van der Waals surface area contributed by atoms with Crippen molar-refractivity contribution in [3.05, 3.63) is 29.7 Å². The van der Waals surface area contributed by atoms with Crippen LogP contribution in [0.4, 0.5) is 0 Å². The molecule has 6 nitrogen and oxygen atoms in total. The minimum Gasteiger partial charge on any atom is -0.465 e. The first-order valence-electron chi connectivity index (χ1n) is 5.13. The Morgan fingerprint density at radius 2 is 2.12 bits per heavy atom. The normalized spacial score (nSPS) is 12.6. The van der Waals surface area contributed by atoms with Crippen molar-refractivity contribution < 1.29 is 14.3 Å². The van der Waals surface area contributed by atoms with Crippen LogP contribution in [0.2, 0.25) is 0 Å². The van der Waals surface area contributed by atoms with E-state index >= 15 is 0 Å². The molecule has 1 unspecified atom stereocenters. The number of rotatable bonds is 3. The fourth-order valence-corrected chi connectivity index (χ4v) is 1.53. The summed E-state index contributed by atoms with van der Waals surface area (Å²) in [4.78, 5) is 11.4. The molecule has 0 saturated carbocycles. The molecule has 2 rings (SSSR count). The van der Waals surface area contributed by atoms with Crippen LogP contribution in [-0.4, -0.2) is 34.8 Å². The van der Waals surface area contributed by atoms with Crippen LogP contribution >= 0.6 is 0 Å². The van der Waals surface area contributed by atoms with Crippen molar-refractivity contribution in [1.29, 1.82) is 0 Å². The smallest absolute Gasteiger partial charge is 0.339 e. The molecule has 0 bridgehead atoms. The molecule has 0 aliphatic carbocycles. The Bertz CT molecular complexity index is 550. The van der Waals surface area contributed by atoms with Gasteiger partial charge in [0.1, 0.15) is 6.10 Å². The Morgan fingerprint density at radius 3 is 2.76 bits per heavy atom. The van der Waals surface area contributed by atoms with Crippen LogP contribution in [0.1, 0.15) is 29.2 Å². The summed E-state index contributed by atoms with van der Waals surface area (Å²) in [7, 11) is 2.94. The quantitative estimate of drug-likeness (QED) is 0.748. The van der Waals surface area contributed by atoms with Crippen molar-refractivity contribution in [2.45, 2.75) is 13.0 Å². The summed E-state index contributed by atoms with van der Waals surface area (Å²) in [5.41, 5.74) is 1.11. The standard InChI is InChI=1S/C11H13N3O3/c1-7(16-2)10-13-12-9-5-4-8(6-14(9)10)11(15)17-3/h4-7H,1-3H3. The van der Waals surface area contributed by atoms with E-state index in [4.69, 9.17) is 4.74 Å². The lowest BCUT2D eigenvalue weighted by Gasteiger charge is -2.07. The summed E-state index contributed by atoms with van der Waals surface area (Å²) >= 11 is 0. The van der Waals surface area contributed by atoms with E-state index in [1.54, 1.807) is 29.8 Å². The van der Waals surface area contributed by atoms with Crippen molar-refractivity contribution in [3.63, 3.8) is 0 Å². The SMILES string of the molecule is COC(=O)c1ccc2nnc(C(C)OC)n2c1. The molecule has 17 heavy (non-hydrogen) atoms. The minimum absolute atomic E-state index is 0.196. The Morgan fingerprint density at radius 1 is 1.35 bits per heavy atom. The van der Waals surface area contributed by atoms with E-state index in [0.29, 0.717) is 17.0 Å². The number of fused-ring (bicyclic) bond motifs is 1. The van der Waals surface area contributed by atoms with E-state index in [0.717, 1.165) is 0 Å². The third kappa shape index (κ3) is 1.99. The van der Waals surface area contributed by atoms with Crippen LogP contribution in [0, 0.1) is 0 Å². The topological polar surface area (TPSA) is 65.7 Å². The summed E-state index contributed by atoms with van der Waals surface area (Å²) in [5, 5.41) is 8.02. The molecule has 0 fully saturated rings. The van der Waals surface area contributed by atoms with E-state index < -0.39 is 5.97 Å². The lowest BCUT2D eigenvalue weighted by atomic mass is 10.3. The van der Waals surface area contributed by atoms with Gasteiger partial charge in [-0.15, -0.1) is 10.2 Å². The van der Waals surface area contributed by atoms with Gasteiger partial charge in [0.15, 0.2) is 11.5 Å². The van der Waals surface area contributed by atoms with Gasteiger partial charge in [0.05, 0.1) is 12.7 Å². The molecule has 0 aliphatic heterocycles. The summed E-state index contributed by atoms with van der Waals surface area (Å²) in [6.45, 7) is 1.86. The molecule has 0 amide bonds.